The summed E-state index contributed by atoms with van der Waals surface area (Å²) in [6.45, 7) is -1.32. The second-order valence-corrected chi connectivity index (χ2v) is 10.1. The Bertz CT molecular complexity index is 887. The van der Waals surface area contributed by atoms with Crippen LogP contribution in [0.3, 0.4) is 0 Å². The fraction of sp³-hybridized carbons (Fsp3) is 0.538. The molecule has 4 bridgehead atoms. The zero-order valence-corrected chi connectivity index (χ0v) is 18.2. The summed E-state index contributed by atoms with van der Waals surface area (Å²) >= 11 is 0. The molecule has 4 aliphatic carbocycles. The van der Waals surface area contributed by atoms with Gasteiger partial charge in [-0.15, -0.1) is 0 Å². The summed E-state index contributed by atoms with van der Waals surface area (Å²) in [5.41, 5.74) is 3.04. The molecule has 6 heteroatoms. The predicted molar refractivity (Wildman–Crippen MR) is 118 cm³/mol. The van der Waals surface area contributed by atoms with Gasteiger partial charge in [-0.2, -0.15) is 0 Å². The van der Waals surface area contributed by atoms with Gasteiger partial charge < -0.3 is 30.6 Å². The first-order chi connectivity index (χ1) is 15.5. The van der Waals surface area contributed by atoms with Gasteiger partial charge in [-0.05, 0) is 91.2 Å². The van der Waals surface area contributed by atoms with Crippen molar-refractivity contribution >= 4 is 0 Å². The molecule has 2 aromatic rings. The van der Waals surface area contributed by atoms with E-state index in [0.29, 0.717) is 45.9 Å². The molecule has 2 aromatic carbocycles. The molecule has 0 atom stereocenters. The molecule has 6 rings (SSSR count). The fourth-order valence-corrected chi connectivity index (χ4v) is 7.52. The maximum absolute atomic E-state index is 10.5. The number of hydrogen-bond acceptors (Lipinski definition) is 6. The quantitative estimate of drug-likeness (QED) is 0.411. The van der Waals surface area contributed by atoms with Crippen molar-refractivity contribution in [3.8, 4) is 11.5 Å². The minimum atomic E-state index is -0.434. The van der Waals surface area contributed by atoms with Crippen LogP contribution in [0.4, 0.5) is 0 Å². The van der Waals surface area contributed by atoms with Gasteiger partial charge in [-0.3, -0.25) is 0 Å². The van der Waals surface area contributed by atoms with Crippen LogP contribution in [-0.2, 0) is 31.8 Å². The van der Waals surface area contributed by atoms with E-state index in [1.54, 1.807) is 0 Å². The smallest absolute Gasteiger partial charge is 0.126 e. The molecule has 0 saturated heterocycles. The second-order valence-electron chi connectivity index (χ2n) is 10.1. The van der Waals surface area contributed by atoms with Crippen molar-refractivity contribution in [2.75, 3.05) is 0 Å². The van der Waals surface area contributed by atoms with Gasteiger partial charge in [-0.25, -0.2) is 0 Å². The molecule has 32 heavy (non-hydrogen) atoms. The van der Waals surface area contributed by atoms with Crippen LogP contribution >= 0.6 is 0 Å². The van der Waals surface area contributed by atoms with E-state index in [1.165, 1.54) is 6.42 Å². The predicted octanol–water partition coefficient (Wildman–Crippen LogP) is 2.81. The van der Waals surface area contributed by atoms with E-state index in [2.05, 4.69) is 0 Å². The lowest BCUT2D eigenvalue weighted by Crippen LogP contribution is -2.56. The second kappa shape index (κ2) is 8.03. The summed E-state index contributed by atoms with van der Waals surface area (Å²) in [5.74, 6) is 1.92. The highest BCUT2D eigenvalue weighted by Crippen LogP contribution is 2.65. The van der Waals surface area contributed by atoms with Crippen LogP contribution in [0.2, 0.25) is 0 Å². The molecule has 0 aliphatic heterocycles. The third-order valence-corrected chi connectivity index (χ3v) is 8.60. The lowest BCUT2D eigenvalue weighted by Gasteiger charge is -2.62. The first-order valence-electron chi connectivity index (χ1n) is 11.6. The molecule has 6 N–H and O–H groups in total. The zero-order chi connectivity index (χ0) is 22.6. The van der Waals surface area contributed by atoms with Gasteiger partial charge >= 0.3 is 0 Å². The minimum absolute atomic E-state index is 0.0736. The van der Waals surface area contributed by atoms with Gasteiger partial charge in [-0.1, -0.05) is 0 Å². The van der Waals surface area contributed by atoms with Crippen LogP contribution in [0, 0.1) is 23.7 Å². The topological polar surface area (TPSA) is 121 Å². The van der Waals surface area contributed by atoms with Crippen molar-refractivity contribution in [2.45, 2.75) is 63.9 Å². The standard InChI is InChI=1S/C26H32O6/c27-10-16-6-22(7-17(11-28)24(16)31)26(20-2-14-1-15(4-20)5-21(26)3-14)23-8-18(12-29)25(32)19(9-23)13-30/h6-9,14-15,20-21,27-32H,1-5,10-13H2. The first kappa shape index (κ1) is 21.7. The van der Waals surface area contributed by atoms with Crippen molar-refractivity contribution in [3.05, 3.63) is 57.6 Å². The monoisotopic (exact) mass is 440 g/mol. The third kappa shape index (κ3) is 3.00. The summed E-state index contributed by atoms with van der Waals surface area (Å²) in [7, 11) is 0. The maximum atomic E-state index is 10.5. The Morgan fingerprint density at radius 1 is 0.562 bits per heavy atom. The van der Waals surface area contributed by atoms with Crippen LogP contribution in [0.1, 0.15) is 65.5 Å². The Balaban J connectivity index is 1.80. The Hall–Kier alpha value is -2.12. The fourth-order valence-electron chi connectivity index (χ4n) is 7.52. The van der Waals surface area contributed by atoms with Crippen molar-refractivity contribution in [2.24, 2.45) is 23.7 Å². The van der Waals surface area contributed by atoms with E-state index in [1.807, 2.05) is 24.3 Å². The number of rotatable bonds is 6. The number of aliphatic hydroxyl groups excluding tert-OH is 4. The van der Waals surface area contributed by atoms with Gasteiger partial charge in [0.05, 0.1) is 26.4 Å². The van der Waals surface area contributed by atoms with Gasteiger partial charge in [0.15, 0.2) is 0 Å². The van der Waals surface area contributed by atoms with Crippen LogP contribution in [-0.4, -0.2) is 30.6 Å². The Morgan fingerprint density at radius 2 is 0.875 bits per heavy atom. The number of phenols is 2. The molecular formula is C26H32O6. The van der Waals surface area contributed by atoms with Crippen molar-refractivity contribution in [3.63, 3.8) is 0 Å². The molecule has 4 aliphatic rings. The molecule has 4 fully saturated rings. The molecule has 4 saturated carbocycles. The summed E-state index contributed by atoms with van der Waals surface area (Å²) in [5, 5.41) is 60.7. The average molecular weight is 441 g/mol. The van der Waals surface area contributed by atoms with E-state index in [4.69, 9.17) is 0 Å². The first-order valence-corrected chi connectivity index (χ1v) is 11.6. The Morgan fingerprint density at radius 3 is 1.16 bits per heavy atom. The van der Waals surface area contributed by atoms with Crippen molar-refractivity contribution in [1.29, 1.82) is 0 Å². The lowest BCUT2D eigenvalue weighted by molar-refractivity contribution is -0.0420. The Labute approximate surface area is 187 Å². The minimum Gasteiger partial charge on any atom is -0.507 e. The van der Waals surface area contributed by atoms with E-state index in [0.717, 1.165) is 36.8 Å². The summed E-state index contributed by atoms with van der Waals surface area (Å²) in [6, 6.07) is 7.45. The van der Waals surface area contributed by atoms with Gasteiger partial charge in [0, 0.05) is 27.7 Å². The van der Waals surface area contributed by atoms with Crippen molar-refractivity contribution < 1.29 is 30.6 Å². The SMILES string of the molecule is OCc1cc(C2(c3cc(CO)c(O)c(CO)c3)C3CC4CC(C3)CC2C4)cc(CO)c1O. The highest BCUT2D eigenvalue weighted by molar-refractivity contribution is 5.54. The van der Waals surface area contributed by atoms with E-state index < -0.39 is 5.41 Å². The number of aromatic hydroxyl groups is 2. The lowest BCUT2D eigenvalue weighted by atomic mass is 9.42. The molecule has 0 amide bonds. The van der Waals surface area contributed by atoms with Gasteiger partial charge in [0.25, 0.3) is 0 Å². The van der Waals surface area contributed by atoms with Gasteiger partial charge in [0.2, 0.25) is 0 Å². The van der Waals surface area contributed by atoms with E-state index >= 15 is 0 Å². The van der Waals surface area contributed by atoms with E-state index in [9.17, 15) is 30.6 Å². The van der Waals surface area contributed by atoms with Crippen LogP contribution < -0.4 is 0 Å². The maximum Gasteiger partial charge on any atom is 0.126 e. The Kier molecular flexibility index (Phi) is 5.45. The van der Waals surface area contributed by atoms with E-state index in [-0.39, 0.29) is 37.9 Å². The average Bonchev–Trinajstić information content (AvgIpc) is 2.79. The number of hydrogen-bond donors (Lipinski definition) is 6. The largest absolute Gasteiger partial charge is 0.507 e. The molecule has 0 heterocycles. The molecule has 172 valence electrons. The van der Waals surface area contributed by atoms with Gasteiger partial charge in [0.1, 0.15) is 11.5 Å². The third-order valence-electron chi connectivity index (χ3n) is 8.60. The van der Waals surface area contributed by atoms with Crippen molar-refractivity contribution in [1.82, 2.24) is 0 Å². The van der Waals surface area contributed by atoms with Crippen LogP contribution in [0.15, 0.2) is 24.3 Å². The molecule has 0 radical (unpaired) electrons. The highest BCUT2D eigenvalue weighted by Gasteiger charge is 2.58. The summed E-state index contributed by atoms with van der Waals surface area (Å²) < 4.78 is 0. The highest BCUT2D eigenvalue weighted by atomic mass is 16.3. The summed E-state index contributed by atoms with van der Waals surface area (Å²) in [4.78, 5) is 0. The zero-order valence-electron chi connectivity index (χ0n) is 18.2. The number of benzene rings is 2. The molecule has 0 spiro atoms. The van der Waals surface area contributed by atoms with Crippen LogP contribution in [0.5, 0.6) is 11.5 Å². The normalized spacial score (nSPS) is 27.8. The molecular weight excluding hydrogens is 408 g/mol. The summed E-state index contributed by atoms with van der Waals surface area (Å²) in [6.07, 6.45) is 5.62. The molecule has 0 aromatic heterocycles. The molecule has 0 unspecified atom stereocenters. The molecule has 6 nitrogen and oxygen atoms in total. The number of aliphatic hydroxyl groups is 4. The van der Waals surface area contributed by atoms with Crippen LogP contribution in [0.25, 0.3) is 0 Å².